The van der Waals surface area contributed by atoms with Crippen molar-refractivity contribution in [2.24, 2.45) is 0 Å². The minimum Gasteiger partial charge on any atom is -0.212 e. The van der Waals surface area contributed by atoms with Crippen LogP contribution < -0.4 is 0 Å². The molecule has 2 aliphatic rings. The minimum absolute atomic E-state index is 0.490. The first kappa shape index (κ1) is 15.8. The normalized spacial score (nSPS) is 21.7. The SMILES string of the molecule is CC(C)c1cccc(C2=CCN(S(=O)(=O)C3(C)CC3)CC2)c1. The summed E-state index contributed by atoms with van der Waals surface area (Å²) in [6.45, 7) is 7.38. The molecule has 0 amide bonds. The van der Waals surface area contributed by atoms with Gasteiger partial charge in [-0.1, -0.05) is 44.2 Å². The number of hydrogen-bond donors (Lipinski definition) is 0. The third-order valence-electron chi connectivity index (χ3n) is 5.01. The smallest absolute Gasteiger partial charge is 0.212 e. The monoisotopic (exact) mass is 319 g/mol. The predicted octanol–water partition coefficient (Wildman–Crippen LogP) is 3.78. The van der Waals surface area contributed by atoms with Crippen LogP contribution in [0.25, 0.3) is 5.57 Å². The molecule has 1 aromatic carbocycles. The lowest BCUT2D eigenvalue weighted by molar-refractivity contribution is 0.431. The maximum absolute atomic E-state index is 12.6. The first-order chi connectivity index (χ1) is 10.3. The third kappa shape index (κ3) is 2.74. The molecule has 1 aliphatic carbocycles. The van der Waals surface area contributed by atoms with Crippen LogP contribution in [0.3, 0.4) is 0 Å². The minimum atomic E-state index is -3.13. The van der Waals surface area contributed by atoms with Gasteiger partial charge in [-0.25, -0.2) is 8.42 Å². The van der Waals surface area contributed by atoms with Crippen molar-refractivity contribution < 1.29 is 8.42 Å². The maximum atomic E-state index is 12.6. The zero-order valence-electron chi connectivity index (χ0n) is 13.7. The molecule has 1 aromatic rings. The van der Waals surface area contributed by atoms with Gasteiger partial charge in [0.25, 0.3) is 0 Å². The molecule has 3 nitrogen and oxygen atoms in total. The van der Waals surface area contributed by atoms with Crippen molar-refractivity contribution in [2.75, 3.05) is 13.1 Å². The third-order valence-corrected chi connectivity index (χ3v) is 7.68. The van der Waals surface area contributed by atoms with Crippen LogP contribution >= 0.6 is 0 Å². The first-order valence-corrected chi connectivity index (χ1v) is 9.56. The van der Waals surface area contributed by atoms with Crippen molar-refractivity contribution in [1.29, 1.82) is 0 Å². The van der Waals surface area contributed by atoms with Crippen molar-refractivity contribution >= 4 is 15.6 Å². The Kier molecular flexibility index (Phi) is 3.94. The summed E-state index contributed by atoms with van der Waals surface area (Å²) in [4.78, 5) is 0. The summed E-state index contributed by atoms with van der Waals surface area (Å²) in [5.41, 5.74) is 3.84. The van der Waals surface area contributed by atoms with Crippen molar-refractivity contribution in [3.8, 4) is 0 Å². The molecular weight excluding hydrogens is 294 g/mol. The van der Waals surface area contributed by atoms with E-state index < -0.39 is 14.8 Å². The molecule has 1 saturated carbocycles. The van der Waals surface area contributed by atoms with Gasteiger partial charge in [0.15, 0.2) is 0 Å². The highest BCUT2D eigenvalue weighted by atomic mass is 32.2. The predicted molar refractivity (Wildman–Crippen MR) is 91.3 cm³/mol. The van der Waals surface area contributed by atoms with Gasteiger partial charge < -0.3 is 0 Å². The molecule has 3 rings (SSSR count). The molecule has 120 valence electrons. The van der Waals surface area contributed by atoms with Gasteiger partial charge >= 0.3 is 0 Å². The van der Waals surface area contributed by atoms with Crippen LogP contribution in [0.2, 0.25) is 0 Å². The van der Waals surface area contributed by atoms with E-state index in [0.717, 1.165) is 19.3 Å². The van der Waals surface area contributed by atoms with E-state index in [4.69, 9.17) is 0 Å². The number of benzene rings is 1. The van der Waals surface area contributed by atoms with E-state index in [9.17, 15) is 8.42 Å². The van der Waals surface area contributed by atoms with Crippen LogP contribution in [-0.4, -0.2) is 30.6 Å². The summed E-state index contributed by atoms with van der Waals surface area (Å²) in [6, 6.07) is 8.62. The van der Waals surface area contributed by atoms with E-state index in [0.29, 0.717) is 19.0 Å². The molecule has 0 aromatic heterocycles. The molecule has 0 unspecified atom stereocenters. The van der Waals surface area contributed by atoms with Gasteiger partial charge in [0.05, 0.1) is 4.75 Å². The number of hydrogen-bond acceptors (Lipinski definition) is 2. The Morgan fingerprint density at radius 3 is 2.50 bits per heavy atom. The Bertz CT molecular complexity index is 700. The van der Waals surface area contributed by atoms with Crippen molar-refractivity contribution in [3.63, 3.8) is 0 Å². The van der Waals surface area contributed by atoms with E-state index in [2.05, 4.69) is 44.2 Å². The summed E-state index contributed by atoms with van der Waals surface area (Å²) in [6.07, 6.45) is 4.50. The van der Waals surface area contributed by atoms with E-state index in [1.54, 1.807) is 4.31 Å². The lowest BCUT2D eigenvalue weighted by Crippen LogP contribution is -2.41. The van der Waals surface area contributed by atoms with Gasteiger partial charge in [-0.3, -0.25) is 0 Å². The van der Waals surface area contributed by atoms with Crippen LogP contribution in [0.4, 0.5) is 0 Å². The molecule has 0 atom stereocenters. The zero-order chi connectivity index (χ0) is 16.0. The van der Waals surface area contributed by atoms with Crippen LogP contribution in [0.5, 0.6) is 0 Å². The van der Waals surface area contributed by atoms with Gasteiger partial charge in [0.2, 0.25) is 10.0 Å². The summed E-state index contributed by atoms with van der Waals surface area (Å²) in [7, 11) is -3.13. The van der Waals surface area contributed by atoms with Crippen LogP contribution in [-0.2, 0) is 10.0 Å². The number of sulfonamides is 1. The van der Waals surface area contributed by atoms with E-state index in [-0.39, 0.29) is 0 Å². The Morgan fingerprint density at radius 1 is 1.23 bits per heavy atom. The van der Waals surface area contributed by atoms with Gasteiger partial charge in [0, 0.05) is 13.1 Å². The largest absolute Gasteiger partial charge is 0.219 e. The second-order valence-corrected chi connectivity index (χ2v) is 9.52. The molecule has 0 N–H and O–H groups in total. The van der Waals surface area contributed by atoms with E-state index in [1.165, 1.54) is 16.7 Å². The average molecular weight is 319 g/mol. The summed E-state index contributed by atoms with van der Waals surface area (Å²) in [5.74, 6) is 0.510. The molecule has 1 fully saturated rings. The Labute approximate surface area is 134 Å². The van der Waals surface area contributed by atoms with Gasteiger partial charge in [-0.2, -0.15) is 4.31 Å². The van der Waals surface area contributed by atoms with Crippen molar-refractivity contribution in [2.45, 2.75) is 50.7 Å². The maximum Gasteiger partial charge on any atom is 0.219 e. The fraction of sp³-hybridized carbons (Fsp3) is 0.556. The standard InChI is InChI=1S/C18H25NO2S/c1-14(2)16-5-4-6-17(13-16)15-7-11-19(12-8-15)22(20,21)18(3)9-10-18/h4-7,13-14H,8-12H2,1-3H3. The van der Waals surface area contributed by atoms with Crippen molar-refractivity contribution in [1.82, 2.24) is 4.31 Å². The van der Waals surface area contributed by atoms with Crippen LogP contribution in [0, 0.1) is 0 Å². The fourth-order valence-corrected chi connectivity index (χ4v) is 4.82. The Hall–Kier alpha value is -1.13. The highest BCUT2D eigenvalue weighted by molar-refractivity contribution is 7.90. The lowest BCUT2D eigenvalue weighted by atomic mass is 9.95. The molecule has 0 spiro atoms. The summed E-state index contributed by atoms with van der Waals surface area (Å²) >= 11 is 0. The second kappa shape index (κ2) is 5.50. The molecule has 1 aliphatic heterocycles. The van der Waals surface area contributed by atoms with Crippen molar-refractivity contribution in [3.05, 3.63) is 41.5 Å². The molecule has 0 saturated heterocycles. The summed E-state index contributed by atoms with van der Waals surface area (Å²) in [5, 5.41) is 0. The van der Waals surface area contributed by atoms with Gasteiger partial charge in [-0.05, 0) is 48.8 Å². The summed E-state index contributed by atoms with van der Waals surface area (Å²) < 4.78 is 26.3. The molecule has 0 radical (unpaired) electrons. The number of nitrogens with zero attached hydrogens (tertiary/aromatic N) is 1. The Balaban J connectivity index is 1.78. The van der Waals surface area contributed by atoms with Crippen LogP contribution in [0.1, 0.15) is 57.1 Å². The van der Waals surface area contributed by atoms with Crippen LogP contribution in [0.15, 0.2) is 30.3 Å². The van der Waals surface area contributed by atoms with E-state index in [1.807, 2.05) is 6.92 Å². The molecule has 1 heterocycles. The average Bonchev–Trinajstić information content (AvgIpc) is 3.27. The highest BCUT2D eigenvalue weighted by Gasteiger charge is 2.52. The molecular formula is C18H25NO2S. The fourth-order valence-electron chi connectivity index (χ4n) is 2.97. The molecule has 4 heteroatoms. The first-order valence-electron chi connectivity index (χ1n) is 8.12. The van der Waals surface area contributed by atoms with E-state index >= 15 is 0 Å². The zero-order valence-corrected chi connectivity index (χ0v) is 14.5. The van der Waals surface area contributed by atoms with Gasteiger partial charge in [0.1, 0.15) is 0 Å². The number of rotatable bonds is 4. The Morgan fingerprint density at radius 2 is 1.95 bits per heavy atom. The second-order valence-electron chi connectivity index (χ2n) is 7.07. The lowest BCUT2D eigenvalue weighted by Gasteiger charge is -2.28. The quantitative estimate of drug-likeness (QED) is 0.847. The topological polar surface area (TPSA) is 37.4 Å². The molecule has 22 heavy (non-hydrogen) atoms. The molecule has 0 bridgehead atoms. The highest BCUT2D eigenvalue weighted by Crippen LogP contribution is 2.45. The van der Waals surface area contributed by atoms with Gasteiger partial charge in [-0.15, -0.1) is 0 Å².